The largest absolute Gasteiger partial charge is 0.455 e. The molecule has 0 atom stereocenters. The van der Waals surface area contributed by atoms with Crippen molar-refractivity contribution < 1.29 is 28.5 Å². The lowest BCUT2D eigenvalue weighted by molar-refractivity contribution is -0.147. The Morgan fingerprint density at radius 1 is 0.786 bits per heavy atom. The predicted molar refractivity (Wildman–Crippen MR) is 109 cm³/mol. The number of carbonyl (C=O) groups is 2. The van der Waals surface area contributed by atoms with Gasteiger partial charge in [0, 0.05) is 21.1 Å². The lowest BCUT2D eigenvalue weighted by Gasteiger charge is -2.09. The van der Waals surface area contributed by atoms with E-state index in [2.05, 4.69) is 31.9 Å². The smallest absolute Gasteiger partial charge is 0.333 e. The van der Waals surface area contributed by atoms with Gasteiger partial charge in [-0.15, -0.1) is 0 Å². The van der Waals surface area contributed by atoms with E-state index < -0.39 is 11.9 Å². The van der Waals surface area contributed by atoms with Gasteiger partial charge in [0.25, 0.3) is 0 Å². The Labute approximate surface area is 177 Å². The number of rotatable bonds is 8. The molecule has 0 amide bonds. The molecule has 2 rings (SSSR count). The first-order valence-corrected chi connectivity index (χ1v) is 9.31. The zero-order chi connectivity index (χ0) is 20.5. The van der Waals surface area contributed by atoms with Crippen LogP contribution < -0.4 is 20.9 Å². The highest BCUT2D eigenvalue weighted by atomic mass is 79.9. The van der Waals surface area contributed by atoms with Crippen molar-refractivity contribution in [2.45, 2.75) is 0 Å². The van der Waals surface area contributed by atoms with Crippen LogP contribution in [0.1, 0.15) is 0 Å². The molecule has 0 saturated heterocycles. The molecule has 2 aromatic carbocycles. The fourth-order valence-corrected chi connectivity index (χ4v) is 2.59. The third-order valence-corrected chi connectivity index (χ3v) is 4.12. The van der Waals surface area contributed by atoms with E-state index in [0.717, 1.165) is 21.1 Å². The minimum Gasteiger partial charge on any atom is -0.455 e. The Morgan fingerprint density at radius 2 is 1.18 bits per heavy atom. The summed E-state index contributed by atoms with van der Waals surface area (Å²) in [6.45, 7) is -0.730. The molecule has 0 spiro atoms. The van der Waals surface area contributed by atoms with Gasteiger partial charge in [-0.3, -0.25) is 0 Å². The molecular weight excluding hydrogens is 500 g/mol. The van der Waals surface area contributed by atoms with Crippen molar-refractivity contribution in [1.29, 1.82) is 0 Å². The Morgan fingerprint density at radius 3 is 1.54 bits per heavy atom. The van der Waals surface area contributed by atoms with Crippen LogP contribution in [0.2, 0.25) is 0 Å². The van der Waals surface area contributed by atoms with Gasteiger partial charge in [-0.05, 0) is 36.4 Å². The van der Waals surface area contributed by atoms with E-state index >= 15 is 0 Å². The summed E-state index contributed by atoms with van der Waals surface area (Å²) in [7, 11) is 0. The average Bonchev–Trinajstić information content (AvgIpc) is 2.63. The summed E-state index contributed by atoms with van der Waals surface area (Å²) < 4.78 is 21.7. The van der Waals surface area contributed by atoms with Gasteiger partial charge >= 0.3 is 11.9 Å². The maximum Gasteiger partial charge on any atom is 0.333 e. The number of carbonyl (C=O) groups excluding carboxylic acids is 2. The van der Waals surface area contributed by atoms with E-state index in [1.807, 2.05) is 0 Å². The number of hydrogen-bond acceptors (Lipinski definition) is 8. The molecule has 2 aromatic rings. The highest BCUT2D eigenvalue weighted by Crippen LogP contribution is 2.26. The Bertz CT molecular complexity index is 817. The summed E-state index contributed by atoms with van der Waals surface area (Å²) in [5, 5.41) is 0. The van der Waals surface area contributed by atoms with Gasteiger partial charge in [-0.25, -0.2) is 9.59 Å². The number of halogens is 2. The molecule has 0 saturated carbocycles. The maximum atomic E-state index is 11.6. The number of anilines is 2. The number of nitrogens with two attached hydrogens (primary N) is 2. The molecule has 0 bridgehead atoms. The van der Waals surface area contributed by atoms with Gasteiger partial charge in [-0.2, -0.15) is 0 Å². The molecule has 0 aliphatic carbocycles. The van der Waals surface area contributed by atoms with Crippen LogP contribution in [0.15, 0.2) is 57.5 Å². The summed E-state index contributed by atoms with van der Waals surface area (Å²) in [4.78, 5) is 23.1. The molecule has 0 aromatic heterocycles. The minimum atomic E-state index is -0.786. The van der Waals surface area contributed by atoms with E-state index in [1.165, 1.54) is 0 Å². The fraction of sp³-hybridized carbons (Fsp3) is 0.111. The van der Waals surface area contributed by atoms with Gasteiger partial charge in [0.2, 0.25) is 13.6 Å². The van der Waals surface area contributed by atoms with E-state index in [-0.39, 0.29) is 13.6 Å². The second-order valence-electron chi connectivity index (χ2n) is 5.15. The van der Waals surface area contributed by atoms with Crippen LogP contribution in [-0.4, -0.2) is 25.5 Å². The van der Waals surface area contributed by atoms with E-state index in [1.54, 1.807) is 36.4 Å². The standard InChI is InChI=1S/C18H16Br2N2O6/c19-11-1-3-15(13(21)7-11)25-9-27-17(23)5-6-18(24)28-10-26-16-4-2-12(20)8-14(16)22/h1-8H,9-10,21-22H2/b6-5-. The Kier molecular flexibility index (Phi) is 8.15. The number of benzene rings is 2. The van der Waals surface area contributed by atoms with Crippen LogP contribution in [-0.2, 0) is 19.1 Å². The number of esters is 2. The summed E-state index contributed by atoms with van der Waals surface area (Å²) in [6, 6.07) is 10.0. The molecule has 0 aliphatic rings. The summed E-state index contributed by atoms with van der Waals surface area (Å²) in [5.41, 5.74) is 12.3. The lowest BCUT2D eigenvalue weighted by atomic mass is 10.3. The van der Waals surface area contributed by atoms with Gasteiger partial charge in [0.1, 0.15) is 11.5 Å². The molecule has 0 aliphatic heterocycles. The Hall–Kier alpha value is -2.72. The highest BCUT2D eigenvalue weighted by Gasteiger charge is 2.05. The average molecular weight is 516 g/mol. The van der Waals surface area contributed by atoms with Crippen LogP contribution in [0.4, 0.5) is 11.4 Å². The topological polar surface area (TPSA) is 123 Å². The van der Waals surface area contributed by atoms with Crippen molar-refractivity contribution in [3.05, 3.63) is 57.5 Å². The number of ether oxygens (including phenoxy) is 4. The van der Waals surface area contributed by atoms with Crippen LogP contribution in [0.25, 0.3) is 0 Å². The van der Waals surface area contributed by atoms with Gasteiger partial charge in [0.05, 0.1) is 11.4 Å². The third-order valence-electron chi connectivity index (χ3n) is 3.13. The molecule has 0 radical (unpaired) electrons. The van der Waals surface area contributed by atoms with Crippen molar-refractivity contribution in [1.82, 2.24) is 0 Å². The van der Waals surface area contributed by atoms with Crippen molar-refractivity contribution in [2.24, 2.45) is 0 Å². The summed E-state index contributed by atoms with van der Waals surface area (Å²) >= 11 is 6.54. The molecule has 0 unspecified atom stereocenters. The lowest BCUT2D eigenvalue weighted by Crippen LogP contribution is -2.11. The third kappa shape index (κ3) is 7.12. The molecule has 28 heavy (non-hydrogen) atoms. The predicted octanol–water partition coefficient (Wildman–Crippen LogP) is 3.39. The first-order valence-electron chi connectivity index (χ1n) is 7.72. The first kappa shape index (κ1) is 21.6. The van der Waals surface area contributed by atoms with E-state index in [9.17, 15) is 9.59 Å². The summed E-state index contributed by atoms with van der Waals surface area (Å²) in [5.74, 6) is -0.844. The second-order valence-corrected chi connectivity index (χ2v) is 6.98. The molecule has 0 heterocycles. The first-order chi connectivity index (χ1) is 13.3. The van der Waals surface area contributed by atoms with Crippen LogP contribution >= 0.6 is 31.9 Å². The maximum absolute atomic E-state index is 11.6. The van der Waals surface area contributed by atoms with Gasteiger partial charge < -0.3 is 30.4 Å². The van der Waals surface area contributed by atoms with Crippen molar-refractivity contribution in [2.75, 3.05) is 25.1 Å². The normalized spacial score (nSPS) is 10.5. The quantitative estimate of drug-likeness (QED) is 0.237. The fourth-order valence-electron chi connectivity index (χ4n) is 1.84. The van der Waals surface area contributed by atoms with Crippen LogP contribution in [0.5, 0.6) is 11.5 Å². The second kappa shape index (κ2) is 10.6. The molecule has 148 valence electrons. The molecular formula is C18H16Br2N2O6. The van der Waals surface area contributed by atoms with Crippen LogP contribution in [0.3, 0.4) is 0 Å². The molecule has 4 N–H and O–H groups in total. The summed E-state index contributed by atoms with van der Waals surface area (Å²) in [6.07, 6.45) is 1.81. The van der Waals surface area contributed by atoms with Crippen LogP contribution in [0, 0.1) is 0 Å². The molecule has 0 fully saturated rings. The number of hydrogen-bond donors (Lipinski definition) is 2. The monoisotopic (exact) mass is 514 g/mol. The van der Waals surface area contributed by atoms with Gasteiger partial charge in [0.15, 0.2) is 0 Å². The van der Waals surface area contributed by atoms with Crippen molar-refractivity contribution >= 4 is 55.2 Å². The van der Waals surface area contributed by atoms with E-state index in [0.29, 0.717) is 22.9 Å². The van der Waals surface area contributed by atoms with Crippen molar-refractivity contribution in [3.8, 4) is 11.5 Å². The zero-order valence-electron chi connectivity index (χ0n) is 14.4. The minimum absolute atomic E-state index is 0.365. The molecule has 8 nitrogen and oxygen atoms in total. The highest BCUT2D eigenvalue weighted by molar-refractivity contribution is 9.10. The van der Waals surface area contributed by atoms with Crippen molar-refractivity contribution in [3.63, 3.8) is 0 Å². The zero-order valence-corrected chi connectivity index (χ0v) is 17.6. The van der Waals surface area contributed by atoms with E-state index in [4.69, 9.17) is 30.4 Å². The Balaban J connectivity index is 1.68. The SMILES string of the molecule is Nc1cc(Br)ccc1OCOC(=O)/C=C\C(=O)OCOc1ccc(Br)cc1N. The number of nitrogen functional groups attached to an aromatic ring is 2. The van der Waals surface area contributed by atoms with Gasteiger partial charge in [-0.1, -0.05) is 31.9 Å². The molecule has 10 heteroatoms.